The Morgan fingerprint density at radius 3 is 2.53 bits per heavy atom. The molecule has 3 rings (SSSR count). The summed E-state index contributed by atoms with van der Waals surface area (Å²) in [4.78, 5) is 0. The molecule has 1 fully saturated rings. The highest BCUT2D eigenvalue weighted by atomic mass is 14.9. The molecule has 5 atom stereocenters. The van der Waals surface area contributed by atoms with E-state index < -0.39 is 0 Å². The number of allylic oxidation sites excluding steroid dienone is 2. The van der Waals surface area contributed by atoms with Gasteiger partial charge in [0.15, 0.2) is 0 Å². The van der Waals surface area contributed by atoms with E-state index in [9.17, 15) is 0 Å². The van der Waals surface area contributed by atoms with Gasteiger partial charge in [-0.1, -0.05) is 36.4 Å². The SMILES string of the molecule is Cc1ccccc1C(C)NC(C)C1CC2C=CC1C2. The highest BCUT2D eigenvalue weighted by Gasteiger charge is 2.38. The van der Waals surface area contributed by atoms with Gasteiger partial charge in [0.05, 0.1) is 0 Å². The van der Waals surface area contributed by atoms with Crippen molar-refractivity contribution in [2.75, 3.05) is 0 Å². The largest absolute Gasteiger partial charge is 0.307 e. The zero-order valence-electron chi connectivity index (χ0n) is 12.3. The van der Waals surface area contributed by atoms with Crippen molar-refractivity contribution in [2.45, 2.75) is 45.7 Å². The maximum Gasteiger partial charge on any atom is 0.0296 e. The first kappa shape index (κ1) is 12.9. The fraction of sp³-hybridized carbons (Fsp3) is 0.556. The average Bonchev–Trinajstić information content (AvgIpc) is 3.01. The second-order valence-corrected chi connectivity index (χ2v) is 6.48. The maximum atomic E-state index is 3.83. The highest BCUT2D eigenvalue weighted by Crippen LogP contribution is 2.45. The molecule has 0 radical (unpaired) electrons. The van der Waals surface area contributed by atoms with Gasteiger partial charge in [-0.15, -0.1) is 0 Å². The smallest absolute Gasteiger partial charge is 0.0296 e. The molecule has 0 saturated heterocycles. The number of hydrogen-bond acceptors (Lipinski definition) is 1. The van der Waals surface area contributed by atoms with Gasteiger partial charge in [0.1, 0.15) is 0 Å². The Hall–Kier alpha value is -1.08. The van der Waals surface area contributed by atoms with E-state index in [0.717, 1.165) is 17.8 Å². The molecule has 1 saturated carbocycles. The summed E-state index contributed by atoms with van der Waals surface area (Å²) >= 11 is 0. The van der Waals surface area contributed by atoms with E-state index >= 15 is 0 Å². The van der Waals surface area contributed by atoms with Crippen LogP contribution in [0.3, 0.4) is 0 Å². The summed E-state index contributed by atoms with van der Waals surface area (Å²) in [6.07, 6.45) is 7.67. The zero-order chi connectivity index (χ0) is 13.4. The Bertz CT molecular complexity index is 476. The lowest BCUT2D eigenvalue weighted by atomic mass is 9.87. The third-order valence-electron chi connectivity index (χ3n) is 5.14. The Morgan fingerprint density at radius 1 is 1.11 bits per heavy atom. The van der Waals surface area contributed by atoms with Gasteiger partial charge in [0, 0.05) is 12.1 Å². The quantitative estimate of drug-likeness (QED) is 0.793. The Labute approximate surface area is 117 Å². The topological polar surface area (TPSA) is 12.0 Å². The Kier molecular flexibility index (Phi) is 3.49. The van der Waals surface area contributed by atoms with E-state index in [1.54, 1.807) is 0 Å². The van der Waals surface area contributed by atoms with Gasteiger partial charge in [-0.25, -0.2) is 0 Å². The molecular weight excluding hydrogens is 230 g/mol. The number of fused-ring (bicyclic) bond motifs is 2. The Balaban J connectivity index is 1.65. The van der Waals surface area contributed by atoms with Crippen LogP contribution in [0.15, 0.2) is 36.4 Å². The molecule has 2 bridgehead atoms. The lowest BCUT2D eigenvalue weighted by Crippen LogP contribution is -2.37. The molecule has 0 spiro atoms. The minimum atomic E-state index is 0.444. The fourth-order valence-electron chi connectivity index (χ4n) is 4.08. The average molecular weight is 255 g/mol. The van der Waals surface area contributed by atoms with Crippen LogP contribution in [0.25, 0.3) is 0 Å². The molecule has 19 heavy (non-hydrogen) atoms. The van der Waals surface area contributed by atoms with E-state index in [0.29, 0.717) is 12.1 Å². The minimum absolute atomic E-state index is 0.444. The van der Waals surface area contributed by atoms with Crippen LogP contribution in [0.1, 0.15) is 43.9 Å². The molecular formula is C18H25N. The number of aryl methyl sites for hydroxylation is 1. The van der Waals surface area contributed by atoms with Crippen LogP contribution in [0, 0.1) is 24.7 Å². The standard InChI is InChI=1S/C18H25N/c1-12-6-4-5-7-17(12)13(2)19-14(3)18-11-15-8-9-16(18)10-15/h4-9,13-16,18-19H,10-11H2,1-3H3. The second kappa shape index (κ2) is 5.13. The van der Waals surface area contributed by atoms with E-state index in [1.807, 2.05) is 0 Å². The molecule has 0 heterocycles. The molecule has 1 heteroatoms. The number of rotatable bonds is 4. The van der Waals surface area contributed by atoms with E-state index in [-0.39, 0.29) is 0 Å². The minimum Gasteiger partial charge on any atom is -0.307 e. The molecule has 1 aromatic carbocycles. The normalized spacial score (nSPS) is 31.6. The molecule has 0 aromatic heterocycles. The molecule has 0 aliphatic heterocycles. The van der Waals surface area contributed by atoms with Crippen molar-refractivity contribution in [3.05, 3.63) is 47.5 Å². The van der Waals surface area contributed by atoms with E-state index in [2.05, 4.69) is 62.5 Å². The number of benzene rings is 1. The van der Waals surface area contributed by atoms with Crippen LogP contribution in [0.4, 0.5) is 0 Å². The Morgan fingerprint density at radius 2 is 1.89 bits per heavy atom. The number of hydrogen-bond donors (Lipinski definition) is 1. The maximum absolute atomic E-state index is 3.83. The van der Waals surface area contributed by atoms with Gasteiger partial charge >= 0.3 is 0 Å². The highest BCUT2D eigenvalue weighted by molar-refractivity contribution is 5.28. The first-order chi connectivity index (χ1) is 9.15. The third-order valence-corrected chi connectivity index (χ3v) is 5.14. The van der Waals surface area contributed by atoms with Crippen LogP contribution in [-0.2, 0) is 0 Å². The lowest BCUT2D eigenvalue weighted by molar-refractivity contribution is 0.307. The summed E-state index contributed by atoms with van der Waals surface area (Å²) in [6, 6.07) is 9.77. The van der Waals surface area contributed by atoms with Crippen molar-refractivity contribution in [3.63, 3.8) is 0 Å². The van der Waals surface area contributed by atoms with Gasteiger partial charge in [0.25, 0.3) is 0 Å². The summed E-state index contributed by atoms with van der Waals surface area (Å²) < 4.78 is 0. The fourth-order valence-corrected chi connectivity index (χ4v) is 4.08. The van der Waals surface area contributed by atoms with E-state index in [4.69, 9.17) is 0 Å². The molecule has 5 unspecified atom stereocenters. The van der Waals surface area contributed by atoms with Crippen LogP contribution in [0.5, 0.6) is 0 Å². The molecule has 2 aliphatic rings. The summed E-state index contributed by atoms with van der Waals surface area (Å²) in [5.41, 5.74) is 2.83. The lowest BCUT2D eigenvalue weighted by Gasteiger charge is -2.29. The number of nitrogens with one attached hydrogen (secondary N) is 1. The van der Waals surface area contributed by atoms with Crippen molar-refractivity contribution in [1.82, 2.24) is 5.32 Å². The van der Waals surface area contributed by atoms with Gasteiger partial charge in [-0.3, -0.25) is 0 Å². The van der Waals surface area contributed by atoms with Crippen LogP contribution >= 0.6 is 0 Å². The zero-order valence-corrected chi connectivity index (χ0v) is 12.3. The first-order valence-electron chi connectivity index (χ1n) is 7.65. The van der Waals surface area contributed by atoms with E-state index in [1.165, 1.54) is 24.0 Å². The molecule has 102 valence electrons. The van der Waals surface area contributed by atoms with Gasteiger partial charge < -0.3 is 5.32 Å². The summed E-state index contributed by atoms with van der Waals surface area (Å²) in [6.45, 7) is 6.87. The second-order valence-electron chi connectivity index (χ2n) is 6.48. The van der Waals surface area contributed by atoms with Crippen molar-refractivity contribution in [2.24, 2.45) is 17.8 Å². The molecule has 1 aromatic rings. The predicted molar refractivity (Wildman–Crippen MR) is 81.0 cm³/mol. The molecule has 1 nitrogen and oxygen atoms in total. The third kappa shape index (κ3) is 2.49. The van der Waals surface area contributed by atoms with Gasteiger partial charge in [-0.05, 0) is 62.5 Å². The van der Waals surface area contributed by atoms with Crippen LogP contribution < -0.4 is 5.32 Å². The monoisotopic (exact) mass is 255 g/mol. The van der Waals surface area contributed by atoms with Crippen LogP contribution in [-0.4, -0.2) is 6.04 Å². The first-order valence-corrected chi connectivity index (χ1v) is 7.65. The van der Waals surface area contributed by atoms with Crippen molar-refractivity contribution < 1.29 is 0 Å². The predicted octanol–water partition coefficient (Wildman–Crippen LogP) is 4.25. The van der Waals surface area contributed by atoms with Crippen molar-refractivity contribution in [3.8, 4) is 0 Å². The summed E-state index contributed by atoms with van der Waals surface area (Å²) in [5, 5.41) is 3.83. The van der Waals surface area contributed by atoms with Gasteiger partial charge in [-0.2, -0.15) is 0 Å². The van der Waals surface area contributed by atoms with Crippen molar-refractivity contribution in [1.29, 1.82) is 0 Å². The van der Waals surface area contributed by atoms with Crippen molar-refractivity contribution >= 4 is 0 Å². The molecule has 1 N–H and O–H groups in total. The van der Waals surface area contributed by atoms with Gasteiger partial charge in [0.2, 0.25) is 0 Å². The van der Waals surface area contributed by atoms with Crippen LogP contribution in [0.2, 0.25) is 0 Å². The summed E-state index contributed by atoms with van der Waals surface area (Å²) in [5.74, 6) is 2.53. The molecule has 2 aliphatic carbocycles. The molecule has 0 amide bonds. The summed E-state index contributed by atoms with van der Waals surface area (Å²) in [7, 11) is 0.